The third-order valence-electron chi connectivity index (χ3n) is 1.85. The summed E-state index contributed by atoms with van der Waals surface area (Å²) in [6, 6.07) is 4.78. The van der Waals surface area contributed by atoms with Gasteiger partial charge in [0.05, 0.1) is 12.7 Å². The maximum Gasteiger partial charge on any atom is 0.377 e. The standard InChI is InChI=1S/C10H10O4S/c1-14-8-5-6(15-2)3-4-7(8)9(11)10(12)13/h3-5H,1-2H3,(H,12,13). The van der Waals surface area contributed by atoms with Crippen LogP contribution in [-0.4, -0.2) is 30.2 Å². The number of aliphatic carboxylic acids is 1. The molecular weight excluding hydrogens is 216 g/mol. The fourth-order valence-electron chi connectivity index (χ4n) is 1.10. The molecule has 80 valence electrons. The van der Waals surface area contributed by atoms with E-state index in [-0.39, 0.29) is 11.3 Å². The molecule has 0 unspecified atom stereocenters. The van der Waals surface area contributed by atoms with E-state index >= 15 is 0 Å². The molecule has 0 aromatic heterocycles. The minimum absolute atomic E-state index is 0.0720. The average molecular weight is 226 g/mol. The highest BCUT2D eigenvalue weighted by Crippen LogP contribution is 2.25. The van der Waals surface area contributed by atoms with E-state index in [9.17, 15) is 9.59 Å². The molecule has 0 aliphatic carbocycles. The third kappa shape index (κ3) is 2.50. The number of Topliss-reactive ketones (excluding diaryl/α,β-unsaturated/α-hetero) is 1. The Morgan fingerprint density at radius 1 is 1.40 bits per heavy atom. The molecule has 4 nitrogen and oxygen atoms in total. The van der Waals surface area contributed by atoms with Gasteiger partial charge in [-0.25, -0.2) is 4.79 Å². The Morgan fingerprint density at radius 3 is 2.53 bits per heavy atom. The Hall–Kier alpha value is -1.49. The number of carbonyl (C=O) groups excluding carboxylic acids is 1. The SMILES string of the molecule is COc1cc(SC)ccc1C(=O)C(=O)O. The van der Waals surface area contributed by atoms with Gasteiger partial charge < -0.3 is 9.84 Å². The molecule has 0 saturated heterocycles. The first kappa shape index (κ1) is 11.6. The van der Waals surface area contributed by atoms with Crippen molar-refractivity contribution in [2.75, 3.05) is 13.4 Å². The number of rotatable bonds is 4. The van der Waals surface area contributed by atoms with E-state index in [2.05, 4.69) is 0 Å². The summed E-state index contributed by atoms with van der Waals surface area (Å²) in [5, 5.41) is 8.57. The van der Waals surface area contributed by atoms with Crippen molar-refractivity contribution < 1.29 is 19.4 Å². The Balaban J connectivity index is 3.18. The van der Waals surface area contributed by atoms with Gasteiger partial charge in [-0.3, -0.25) is 4.79 Å². The number of ether oxygens (including phenoxy) is 1. The molecule has 1 aromatic rings. The van der Waals surface area contributed by atoms with Crippen molar-refractivity contribution in [1.29, 1.82) is 0 Å². The van der Waals surface area contributed by atoms with E-state index in [0.717, 1.165) is 4.90 Å². The summed E-state index contributed by atoms with van der Waals surface area (Å²) < 4.78 is 4.96. The molecule has 0 atom stereocenters. The van der Waals surface area contributed by atoms with Crippen molar-refractivity contribution in [1.82, 2.24) is 0 Å². The van der Waals surface area contributed by atoms with Crippen LogP contribution < -0.4 is 4.74 Å². The number of methoxy groups -OCH3 is 1. The van der Waals surface area contributed by atoms with Gasteiger partial charge in [-0.1, -0.05) is 0 Å². The zero-order valence-electron chi connectivity index (χ0n) is 8.31. The van der Waals surface area contributed by atoms with Crippen LogP contribution in [-0.2, 0) is 4.79 Å². The minimum Gasteiger partial charge on any atom is -0.496 e. The summed E-state index contributed by atoms with van der Waals surface area (Å²) >= 11 is 1.49. The van der Waals surface area contributed by atoms with E-state index in [1.165, 1.54) is 24.9 Å². The normalized spacial score (nSPS) is 9.73. The van der Waals surface area contributed by atoms with Crippen molar-refractivity contribution in [3.05, 3.63) is 23.8 Å². The van der Waals surface area contributed by atoms with Crippen molar-refractivity contribution in [2.24, 2.45) is 0 Å². The number of thioether (sulfide) groups is 1. The second-order valence-electron chi connectivity index (χ2n) is 2.70. The Morgan fingerprint density at radius 2 is 2.07 bits per heavy atom. The summed E-state index contributed by atoms with van der Waals surface area (Å²) in [5.74, 6) is -2.15. The molecule has 0 radical (unpaired) electrons. The fourth-order valence-corrected chi connectivity index (χ4v) is 1.53. The van der Waals surface area contributed by atoms with Gasteiger partial charge in [-0.05, 0) is 24.5 Å². The van der Waals surface area contributed by atoms with Gasteiger partial charge in [-0.2, -0.15) is 0 Å². The number of hydrogen-bond donors (Lipinski definition) is 1. The van der Waals surface area contributed by atoms with Crippen molar-refractivity contribution in [3.63, 3.8) is 0 Å². The molecule has 0 spiro atoms. The topological polar surface area (TPSA) is 63.6 Å². The van der Waals surface area contributed by atoms with Gasteiger partial charge in [0.1, 0.15) is 5.75 Å². The Kier molecular flexibility index (Phi) is 3.74. The van der Waals surface area contributed by atoms with Gasteiger partial charge in [0.15, 0.2) is 0 Å². The Bertz CT molecular complexity index is 400. The second kappa shape index (κ2) is 4.84. The molecule has 15 heavy (non-hydrogen) atoms. The van der Waals surface area contributed by atoms with Crippen LogP contribution in [0.4, 0.5) is 0 Å². The van der Waals surface area contributed by atoms with Crippen LogP contribution >= 0.6 is 11.8 Å². The number of hydrogen-bond acceptors (Lipinski definition) is 4. The molecule has 0 amide bonds. The van der Waals surface area contributed by atoms with Crippen LogP contribution in [0.1, 0.15) is 10.4 Å². The lowest BCUT2D eigenvalue weighted by Gasteiger charge is -2.06. The summed E-state index contributed by atoms with van der Waals surface area (Å²) in [5.41, 5.74) is 0.0720. The van der Waals surface area contributed by atoms with Crippen LogP contribution in [0.3, 0.4) is 0 Å². The molecule has 0 bridgehead atoms. The van der Waals surface area contributed by atoms with Crippen LogP contribution in [0.25, 0.3) is 0 Å². The van der Waals surface area contributed by atoms with Crippen molar-refractivity contribution in [2.45, 2.75) is 4.90 Å². The fraction of sp³-hybridized carbons (Fsp3) is 0.200. The molecule has 5 heteroatoms. The highest BCUT2D eigenvalue weighted by Gasteiger charge is 2.19. The first-order valence-electron chi connectivity index (χ1n) is 4.09. The van der Waals surface area contributed by atoms with Gasteiger partial charge in [0.25, 0.3) is 5.78 Å². The monoisotopic (exact) mass is 226 g/mol. The number of carboxylic acid groups (broad SMARTS) is 1. The smallest absolute Gasteiger partial charge is 0.377 e. The van der Waals surface area contributed by atoms with Crippen molar-refractivity contribution >= 4 is 23.5 Å². The van der Waals surface area contributed by atoms with Gasteiger partial charge in [0, 0.05) is 4.90 Å². The third-order valence-corrected chi connectivity index (χ3v) is 2.57. The van der Waals surface area contributed by atoms with Crippen LogP contribution in [0.2, 0.25) is 0 Å². The lowest BCUT2D eigenvalue weighted by atomic mass is 10.1. The first-order chi connectivity index (χ1) is 7.10. The minimum atomic E-state index is -1.48. The summed E-state index contributed by atoms with van der Waals surface area (Å²) in [7, 11) is 1.40. The summed E-state index contributed by atoms with van der Waals surface area (Å²) in [6.45, 7) is 0. The van der Waals surface area contributed by atoms with E-state index < -0.39 is 11.8 Å². The molecule has 0 heterocycles. The van der Waals surface area contributed by atoms with E-state index in [4.69, 9.17) is 9.84 Å². The zero-order chi connectivity index (χ0) is 11.4. The van der Waals surface area contributed by atoms with E-state index in [1.54, 1.807) is 12.1 Å². The molecular formula is C10H10O4S. The zero-order valence-corrected chi connectivity index (χ0v) is 9.13. The van der Waals surface area contributed by atoms with Crippen LogP contribution in [0, 0.1) is 0 Å². The maximum absolute atomic E-state index is 11.2. The van der Waals surface area contributed by atoms with E-state index in [1.807, 2.05) is 6.26 Å². The highest BCUT2D eigenvalue weighted by molar-refractivity contribution is 7.98. The lowest BCUT2D eigenvalue weighted by molar-refractivity contribution is -0.131. The molecule has 0 aliphatic rings. The van der Waals surface area contributed by atoms with E-state index in [0.29, 0.717) is 0 Å². The highest BCUT2D eigenvalue weighted by atomic mass is 32.2. The van der Waals surface area contributed by atoms with Crippen LogP contribution in [0.5, 0.6) is 5.75 Å². The predicted molar refractivity (Wildman–Crippen MR) is 56.7 cm³/mol. The van der Waals surface area contributed by atoms with Crippen LogP contribution in [0.15, 0.2) is 23.1 Å². The molecule has 0 aliphatic heterocycles. The quantitative estimate of drug-likeness (QED) is 0.481. The largest absolute Gasteiger partial charge is 0.496 e. The molecule has 1 N–H and O–H groups in total. The number of carboxylic acids is 1. The molecule has 1 aromatic carbocycles. The summed E-state index contributed by atoms with van der Waals surface area (Å²) in [4.78, 5) is 22.7. The Labute approximate surface area is 91.2 Å². The van der Waals surface area contributed by atoms with Gasteiger partial charge >= 0.3 is 5.97 Å². The molecule has 0 fully saturated rings. The molecule has 0 saturated carbocycles. The van der Waals surface area contributed by atoms with Gasteiger partial charge in [0.2, 0.25) is 0 Å². The van der Waals surface area contributed by atoms with Crippen molar-refractivity contribution in [3.8, 4) is 5.75 Å². The number of carbonyl (C=O) groups is 2. The number of ketones is 1. The lowest BCUT2D eigenvalue weighted by Crippen LogP contribution is -2.13. The maximum atomic E-state index is 11.2. The number of benzene rings is 1. The summed E-state index contributed by atoms with van der Waals surface area (Å²) in [6.07, 6.45) is 1.88. The van der Waals surface area contributed by atoms with Gasteiger partial charge in [-0.15, -0.1) is 11.8 Å². The molecule has 1 rings (SSSR count). The second-order valence-corrected chi connectivity index (χ2v) is 3.58. The predicted octanol–water partition coefficient (Wildman–Crippen LogP) is 1.68. The average Bonchev–Trinajstić information content (AvgIpc) is 2.27. The first-order valence-corrected chi connectivity index (χ1v) is 5.32.